The van der Waals surface area contributed by atoms with Crippen LogP contribution in [0.5, 0.6) is 0 Å². The Morgan fingerprint density at radius 1 is 0.680 bits per heavy atom. The molecule has 0 bridgehead atoms. The second kappa shape index (κ2) is 15.6. The number of benzene rings is 6. The summed E-state index contributed by atoms with van der Waals surface area (Å²) < 4.78 is 0. The van der Waals surface area contributed by atoms with Gasteiger partial charge in [0.25, 0.3) is 17.5 Å². The second-order valence-corrected chi connectivity index (χ2v) is 12.3. The van der Waals surface area contributed by atoms with Gasteiger partial charge in [-0.15, -0.1) is 11.8 Å². The fraction of sp³-hybridized carbons (Fsp3) is 0.0250. The van der Waals surface area contributed by atoms with E-state index in [0.29, 0.717) is 11.3 Å². The lowest BCUT2D eigenvalue weighted by Gasteiger charge is -2.18. The Morgan fingerprint density at radius 3 is 2.06 bits per heavy atom. The third-order valence-corrected chi connectivity index (χ3v) is 8.98. The number of para-hydroxylation sites is 1. The van der Waals surface area contributed by atoms with Gasteiger partial charge in [-0.25, -0.2) is 0 Å². The molecular formula is C40H30N4O5S. The van der Waals surface area contributed by atoms with Gasteiger partial charge >= 0.3 is 0 Å². The zero-order valence-corrected chi connectivity index (χ0v) is 27.3. The molecule has 0 aliphatic rings. The number of nitrogens with zero attached hydrogens (tertiary/aromatic N) is 1. The summed E-state index contributed by atoms with van der Waals surface area (Å²) in [5.41, 5.74) is 2.03. The third-order valence-electron chi connectivity index (χ3n) is 7.72. The summed E-state index contributed by atoms with van der Waals surface area (Å²) in [5.74, 6) is -1.41. The second-order valence-electron chi connectivity index (χ2n) is 11.1. The summed E-state index contributed by atoms with van der Waals surface area (Å²) in [6.07, 6.45) is 1.28. The van der Waals surface area contributed by atoms with E-state index in [1.807, 2.05) is 72.8 Å². The minimum Gasteiger partial charge on any atom is -0.324 e. The molecule has 0 radical (unpaired) electrons. The van der Waals surface area contributed by atoms with Crippen molar-refractivity contribution in [1.82, 2.24) is 5.32 Å². The smallest absolute Gasteiger partial charge is 0.276 e. The minimum atomic E-state index is -0.676. The number of rotatable bonds is 11. The van der Waals surface area contributed by atoms with Crippen LogP contribution in [-0.2, 0) is 9.59 Å². The first-order valence-corrected chi connectivity index (χ1v) is 16.5. The van der Waals surface area contributed by atoms with Crippen LogP contribution in [0.2, 0.25) is 0 Å². The van der Waals surface area contributed by atoms with Gasteiger partial charge in [0, 0.05) is 33.3 Å². The van der Waals surface area contributed by atoms with Crippen molar-refractivity contribution in [1.29, 1.82) is 0 Å². The summed E-state index contributed by atoms with van der Waals surface area (Å²) in [7, 11) is 0. The fourth-order valence-electron chi connectivity index (χ4n) is 5.26. The van der Waals surface area contributed by atoms with Crippen molar-refractivity contribution in [3.63, 3.8) is 0 Å². The molecule has 0 aliphatic heterocycles. The van der Waals surface area contributed by atoms with Gasteiger partial charge in [-0.3, -0.25) is 24.5 Å². The molecular weight excluding hydrogens is 649 g/mol. The van der Waals surface area contributed by atoms with Gasteiger partial charge in [0.2, 0.25) is 5.91 Å². The van der Waals surface area contributed by atoms with Crippen molar-refractivity contribution in [2.75, 3.05) is 10.6 Å². The standard InChI is InChI=1S/C40H30N4O5S/c45-38(29-15-5-2-6-16-29)43-35(26-30-17-8-10-21-36(30)44(48)49)39(46)41-31-22-24-32(25-23-31)50-37(28-13-3-1-4-14-28)40(47)42-34-20-11-18-27-12-7-9-19-33(27)34/h1-26,37H,(H,41,46)(H,42,47)(H,43,45)/b35-26-. The first kappa shape index (κ1) is 33.4. The maximum absolute atomic E-state index is 13.8. The number of amides is 3. The molecule has 10 heteroatoms. The zero-order valence-electron chi connectivity index (χ0n) is 26.5. The molecule has 3 N–H and O–H groups in total. The highest BCUT2D eigenvalue weighted by Crippen LogP contribution is 2.37. The number of nitro benzene ring substituents is 1. The first-order chi connectivity index (χ1) is 24.4. The highest BCUT2D eigenvalue weighted by molar-refractivity contribution is 8.00. The molecule has 50 heavy (non-hydrogen) atoms. The topological polar surface area (TPSA) is 130 Å². The normalized spacial score (nSPS) is 11.7. The Bertz CT molecular complexity index is 2200. The lowest BCUT2D eigenvalue weighted by molar-refractivity contribution is -0.385. The largest absolute Gasteiger partial charge is 0.324 e. The quantitative estimate of drug-likeness (QED) is 0.0544. The van der Waals surface area contributed by atoms with E-state index >= 15 is 0 Å². The molecule has 0 fully saturated rings. The van der Waals surface area contributed by atoms with E-state index in [4.69, 9.17) is 0 Å². The first-order valence-electron chi connectivity index (χ1n) is 15.6. The van der Waals surface area contributed by atoms with Crippen molar-refractivity contribution in [2.45, 2.75) is 10.1 Å². The Hall–Kier alpha value is -6.52. The fourth-order valence-corrected chi connectivity index (χ4v) is 6.28. The number of hydrogen-bond donors (Lipinski definition) is 3. The van der Waals surface area contributed by atoms with Gasteiger partial charge in [0.1, 0.15) is 10.9 Å². The number of nitrogens with one attached hydrogen (secondary N) is 3. The molecule has 0 aliphatic carbocycles. The van der Waals surface area contributed by atoms with Crippen molar-refractivity contribution in [3.8, 4) is 0 Å². The molecule has 6 rings (SSSR count). The number of thioether (sulfide) groups is 1. The highest BCUT2D eigenvalue weighted by atomic mass is 32.2. The molecule has 3 amide bonds. The monoisotopic (exact) mass is 678 g/mol. The van der Waals surface area contributed by atoms with Gasteiger partial charge in [-0.05, 0) is 65.6 Å². The maximum Gasteiger partial charge on any atom is 0.276 e. The molecule has 0 saturated heterocycles. The van der Waals surface area contributed by atoms with Crippen molar-refractivity contribution < 1.29 is 19.3 Å². The van der Waals surface area contributed by atoms with Crippen LogP contribution in [0.15, 0.2) is 162 Å². The van der Waals surface area contributed by atoms with Crippen LogP contribution >= 0.6 is 11.8 Å². The van der Waals surface area contributed by atoms with E-state index in [0.717, 1.165) is 26.9 Å². The molecule has 0 heterocycles. The van der Waals surface area contributed by atoms with Crippen LogP contribution < -0.4 is 16.0 Å². The van der Waals surface area contributed by atoms with Crippen LogP contribution in [0.25, 0.3) is 16.8 Å². The lowest BCUT2D eigenvalue weighted by Crippen LogP contribution is -2.30. The number of nitro groups is 1. The van der Waals surface area contributed by atoms with Gasteiger partial charge < -0.3 is 16.0 Å². The highest BCUT2D eigenvalue weighted by Gasteiger charge is 2.23. The van der Waals surface area contributed by atoms with Crippen molar-refractivity contribution in [3.05, 3.63) is 184 Å². The zero-order chi connectivity index (χ0) is 34.9. The number of anilines is 2. The Kier molecular flexibility index (Phi) is 10.4. The summed E-state index contributed by atoms with van der Waals surface area (Å²) >= 11 is 1.36. The van der Waals surface area contributed by atoms with E-state index in [9.17, 15) is 24.5 Å². The van der Waals surface area contributed by atoms with E-state index in [2.05, 4.69) is 16.0 Å². The number of carbonyl (C=O) groups is 3. The summed E-state index contributed by atoms with van der Waals surface area (Å²) in [4.78, 5) is 52.2. The number of fused-ring (bicyclic) bond motifs is 1. The minimum absolute atomic E-state index is 0.150. The summed E-state index contributed by atoms with van der Waals surface area (Å²) in [6, 6.07) is 44.3. The SMILES string of the molecule is O=C(Nc1ccc(SC(C(=O)Nc2cccc3ccccc23)c2ccccc2)cc1)/C(=C/c1ccccc1[N+](=O)[O-])NC(=O)c1ccccc1. The third kappa shape index (κ3) is 8.12. The molecule has 246 valence electrons. The van der Waals surface area contributed by atoms with E-state index in [1.54, 1.807) is 60.7 Å². The van der Waals surface area contributed by atoms with Crippen LogP contribution in [0.1, 0.15) is 26.7 Å². The Morgan fingerprint density at radius 2 is 1.32 bits per heavy atom. The molecule has 9 nitrogen and oxygen atoms in total. The van der Waals surface area contributed by atoms with Gasteiger partial charge in [0.05, 0.1) is 10.5 Å². The van der Waals surface area contributed by atoms with Gasteiger partial charge in [-0.2, -0.15) is 0 Å². The molecule has 0 spiro atoms. The summed E-state index contributed by atoms with van der Waals surface area (Å²) in [6.45, 7) is 0. The number of hydrogen-bond acceptors (Lipinski definition) is 6. The Labute approximate surface area is 292 Å². The predicted molar refractivity (Wildman–Crippen MR) is 198 cm³/mol. The maximum atomic E-state index is 13.8. The molecule has 6 aromatic carbocycles. The predicted octanol–water partition coefficient (Wildman–Crippen LogP) is 8.63. The van der Waals surface area contributed by atoms with E-state index in [1.165, 1.54) is 36.0 Å². The van der Waals surface area contributed by atoms with Crippen molar-refractivity contribution in [2.24, 2.45) is 0 Å². The average Bonchev–Trinajstić information content (AvgIpc) is 3.15. The van der Waals surface area contributed by atoms with Crippen LogP contribution in [-0.4, -0.2) is 22.6 Å². The molecule has 1 atom stereocenters. The van der Waals surface area contributed by atoms with E-state index in [-0.39, 0.29) is 22.9 Å². The van der Waals surface area contributed by atoms with Crippen LogP contribution in [0, 0.1) is 10.1 Å². The molecule has 0 aromatic heterocycles. The number of carbonyl (C=O) groups excluding carboxylic acids is 3. The van der Waals surface area contributed by atoms with Crippen LogP contribution in [0.4, 0.5) is 17.1 Å². The van der Waals surface area contributed by atoms with Crippen molar-refractivity contribution >= 4 is 63.4 Å². The Balaban J connectivity index is 1.22. The molecule has 6 aromatic rings. The molecule has 0 saturated carbocycles. The van der Waals surface area contributed by atoms with Crippen LogP contribution in [0.3, 0.4) is 0 Å². The van der Waals surface area contributed by atoms with E-state index < -0.39 is 22.0 Å². The molecule has 1 unspecified atom stereocenters. The average molecular weight is 679 g/mol. The van der Waals surface area contributed by atoms with Gasteiger partial charge in [-0.1, -0.05) is 97.1 Å². The summed E-state index contributed by atoms with van der Waals surface area (Å²) in [5, 5.41) is 21.5. The van der Waals surface area contributed by atoms with Gasteiger partial charge in [0.15, 0.2) is 0 Å². The lowest BCUT2D eigenvalue weighted by atomic mass is 10.1.